The van der Waals surface area contributed by atoms with Crippen LogP contribution in [0.2, 0.25) is 0 Å². The number of rotatable bonds is 14. The van der Waals surface area contributed by atoms with Gasteiger partial charge in [0.15, 0.2) is 10.8 Å². The van der Waals surface area contributed by atoms with Crippen LogP contribution in [-0.4, -0.2) is 92.1 Å². The number of piperidine rings is 2. The first-order chi connectivity index (χ1) is 36.1. The fraction of sp³-hybridized carbons (Fsp3) is 0.379. The molecule has 3 aromatic heterocycles. The van der Waals surface area contributed by atoms with E-state index in [0.29, 0.717) is 71.9 Å². The van der Waals surface area contributed by atoms with Crippen LogP contribution in [0.5, 0.6) is 5.75 Å². The number of imide groups is 1. The molecule has 0 aliphatic carbocycles. The predicted molar refractivity (Wildman–Crippen MR) is 291 cm³/mol. The quantitative estimate of drug-likeness (QED) is 0.0532. The van der Waals surface area contributed by atoms with Crippen LogP contribution in [-0.2, 0) is 39.1 Å². The molecule has 17 heteroatoms. The highest BCUT2D eigenvalue weighted by molar-refractivity contribution is 7.22. The van der Waals surface area contributed by atoms with Crippen molar-refractivity contribution in [1.82, 2.24) is 30.0 Å². The average Bonchev–Trinajstić information content (AvgIpc) is 3.97. The van der Waals surface area contributed by atoms with Gasteiger partial charge in [-0.25, -0.2) is 14.8 Å². The van der Waals surface area contributed by atoms with E-state index in [2.05, 4.69) is 41.9 Å². The maximum atomic E-state index is 14.1. The number of pyridine rings is 1. The Morgan fingerprint density at radius 1 is 0.867 bits per heavy atom. The van der Waals surface area contributed by atoms with E-state index in [0.717, 1.165) is 87.9 Å². The second-order valence-corrected chi connectivity index (χ2v) is 21.9. The number of esters is 1. The molecule has 1 unspecified atom stereocenters. The smallest absolute Gasteiger partial charge is 0.358 e. The molecule has 388 valence electrons. The molecule has 6 heterocycles. The molecule has 0 bridgehead atoms. The molecular weight excluding hydrogens is 967 g/mol. The molecule has 4 amide bonds. The number of benzene rings is 4. The molecule has 7 aromatic rings. The van der Waals surface area contributed by atoms with Crippen LogP contribution in [0.15, 0.2) is 91.0 Å². The maximum Gasteiger partial charge on any atom is 0.358 e. The van der Waals surface area contributed by atoms with Crippen LogP contribution in [0.4, 0.5) is 16.6 Å². The maximum absolute atomic E-state index is 14.1. The van der Waals surface area contributed by atoms with Gasteiger partial charge in [-0.15, -0.1) is 0 Å². The fourth-order valence-electron chi connectivity index (χ4n) is 10.7. The second kappa shape index (κ2) is 21.4. The molecule has 16 nitrogen and oxygen atoms in total. The molecule has 3 aliphatic heterocycles. The number of ether oxygens (including phenoxy) is 2. The number of amides is 4. The van der Waals surface area contributed by atoms with Crippen molar-refractivity contribution in [1.29, 1.82) is 0 Å². The van der Waals surface area contributed by atoms with Gasteiger partial charge in [0.2, 0.25) is 17.7 Å². The number of hydrogen-bond donors (Lipinski definition) is 3. The van der Waals surface area contributed by atoms with E-state index in [9.17, 15) is 24.0 Å². The van der Waals surface area contributed by atoms with Gasteiger partial charge < -0.3 is 19.7 Å². The van der Waals surface area contributed by atoms with Gasteiger partial charge in [0, 0.05) is 43.1 Å². The molecule has 10 rings (SSSR count). The molecule has 2 saturated heterocycles. The summed E-state index contributed by atoms with van der Waals surface area (Å²) in [4.78, 5) is 80.1. The summed E-state index contributed by atoms with van der Waals surface area (Å²) in [5.41, 5.74) is 7.21. The summed E-state index contributed by atoms with van der Waals surface area (Å²) >= 11 is 1.44. The minimum absolute atomic E-state index is 0.104. The van der Waals surface area contributed by atoms with Crippen molar-refractivity contribution >= 4 is 78.7 Å². The first-order valence-electron chi connectivity index (χ1n) is 25.9. The van der Waals surface area contributed by atoms with E-state index in [-0.39, 0.29) is 41.8 Å². The topological polar surface area (TPSA) is 190 Å². The van der Waals surface area contributed by atoms with Crippen molar-refractivity contribution in [3.63, 3.8) is 0 Å². The van der Waals surface area contributed by atoms with Gasteiger partial charge in [-0.05, 0) is 157 Å². The van der Waals surface area contributed by atoms with Crippen LogP contribution in [0.1, 0.15) is 115 Å². The number of thiazole rings is 1. The van der Waals surface area contributed by atoms with Crippen molar-refractivity contribution in [2.75, 3.05) is 41.8 Å². The third-order valence-electron chi connectivity index (χ3n) is 14.7. The highest BCUT2D eigenvalue weighted by Gasteiger charge is 2.34. The Bertz CT molecular complexity index is 3320. The number of carbonyl (C=O) groups is 5. The summed E-state index contributed by atoms with van der Waals surface area (Å²) in [6.45, 7) is 12.7. The number of likely N-dealkylation sites (tertiary alicyclic amines) is 1. The van der Waals surface area contributed by atoms with E-state index < -0.39 is 17.5 Å². The summed E-state index contributed by atoms with van der Waals surface area (Å²) in [5, 5.41) is 14.6. The highest BCUT2D eigenvalue weighted by Crippen LogP contribution is 2.37. The van der Waals surface area contributed by atoms with Crippen LogP contribution in [0.3, 0.4) is 0 Å². The van der Waals surface area contributed by atoms with Crippen LogP contribution < -0.4 is 25.6 Å². The molecule has 4 aromatic carbocycles. The van der Waals surface area contributed by atoms with Gasteiger partial charge in [0.05, 0.1) is 45.7 Å². The summed E-state index contributed by atoms with van der Waals surface area (Å²) in [7, 11) is 1.80. The molecule has 2 fully saturated rings. The monoisotopic (exact) mass is 1030 g/mol. The largest absolute Gasteiger partial charge is 0.493 e. The van der Waals surface area contributed by atoms with Crippen molar-refractivity contribution in [2.45, 2.75) is 104 Å². The Morgan fingerprint density at radius 2 is 1.65 bits per heavy atom. The Morgan fingerprint density at radius 3 is 2.44 bits per heavy atom. The minimum Gasteiger partial charge on any atom is -0.493 e. The third kappa shape index (κ3) is 11.0. The summed E-state index contributed by atoms with van der Waals surface area (Å²) in [6.07, 6.45) is 5.16. The van der Waals surface area contributed by atoms with Crippen LogP contribution in [0, 0.1) is 12.8 Å². The zero-order valence-corrected chi connectivity index (χ0v) is 44.1. The summed E-state index contributed by atoms with van der Waals surface area (Å²) in [5.74, 6) is -0.145. The summed E-state index contributed by atoms with van der Waals surface area (Å²) in [6, 6.07) is 28.7. The summed E-state index contributed by atoms with van der Waals surface area (Å²) < 4.78 is 15.1. The fourth-order valence-corrected chi connectivity index (χ4v) is 11.6. The molecule has 3 aliphatic rings. The zero-order valence-electron chi connectivity index (χ0n) is 43.3. The van der Waals surface area contributed by atoms with Crippen LogP contribution >= 0.6 is 11.3 Å². The number of carbonyl (C=O) groups excluding carboxylic acids is 5. The lowest BCUT2D eigenvalue weighted by atomic mass is 9.91. The van der Waals surface area contributed by atoms with Gasteiger partial charge in [0.1, 0.15) is 17.2 Å². The van der Waals surface area contributed by atoms with Gasteiger partial charge >= 0.3 is 5.97 Å². The number of nitrogens with one attached hydrogen (secondary N) is 3. The lowest BCUT2D eigenvalue weighted by Gasteiger charge is -2.35. The third-order valence-corrected chi connectivity index (χ3v) is 15.7. The van der Waals surface area contributed by atoms with Crippen molar-refractivity contribution < 1.29 is 33.4 Å². The first-order valence-corrected chi connectivity index (χ1v) is 26.7. The first kappa shape index (κ1) is 51.0. The number of para-hydroxylation sites is 2. The number of fused-ring (bicyclic) bond motifs is 3. The Balaban J connectivity index is 0.757. The minimum atomic E-state index is -0.754. The standard InChI is InChI=1S/C58H63N9O7S/c1-34-38(39-22-24-48(61-51(39)56(72)74-58(3,4)5)67-31-28-37-14-9-16-40(43(37)33-67)54(70)63-57-60-44-18-7-8-21-47(44)75-57)15-11-20-46(34)73-32-12-13-36-26-29-66(30-27-36)35(2)53(69)59-45-19-10-17-41-50(64-65(6)52(41)45)42-23-25-49(68)62-55(42)71/h7-11,14-22,24,35-36,42H,12-13,23,25-33H2,1-6H3,(H,59,69)(H,60,63,70)(H,62,68,71)/t35-,42?/m1/s1. The normalized spacial score (nSPS) is 16.9. The van der Waals surface area contributed by atoms with Gasteiger partial charge in [0.25, 0.3) is 5.91 Å². The number of aromatic nitrogens is 4. The van der Waals surface area contributed by atoms with E-state index in [1.54, 1.807) is 11.7 Å². The highest BCUT2D eigenvalue weighted by atomic mass is 32.1. The SMILES string of the molecule is Cc1c(OCCCC2CCN([C@H](C)C(=O)Nc3cccc4c(C5CCC(=O)NC5=O)nn(C)c34)CC2)cccc1-c1ccc(N2CCc3cccc(C(=O)Nc4nc5ccccc5s4)c3C2)nc1C(=O)OC(C)(C)C. The van der Waals surface area contributed by atoms with Crippen molar-refractivity contribution in [2.24, 2.45) is 13.0 Å². The molecular formula is C58H63N9O7S. The van der Waals surface area contributed by atoms with Crippen molar-refractivity contribution in [3.8, 4) is 16.9 Å². The molecule has 0 radical (unpaired) electrons. The van der Waals surface area contributed by atoms with Gasteiger partial charge in [-0.1, -0.05) is 59.9 Å². The number of hydrogen-bond acceptors (Lipinski definition) is 13. The Labute approximate surface area is 440 Å². The van der Waals surface area contributed by atoms with E-state index in [1.165, 1.54) is 11.3 Å². The molecule has 2 atom stereocenters. The molecule has 3 N–H and O–H groups in total. The molecule has 75 heavy (non-hydrogen) atoms. The number of nitrogens with zero attached hydrogens (tertiary/aromatic N) is 6. The van der Waals surface area contributed by atoms with Gasteiger partial charge in [-0.2, -0.15) is 5.10 Å². The van der Waals surface area contributed by atoms with E-state index in [4.69, 9.17) is 14.5 Å². The predicted octanol–water partition coefficient (Wildman–Crippen LogP) is 9.74. The van der Waals surface area contributed by atoms with Gasteiger partial charge in [-0.3, -0.25) is 39.4 Å². The number of anilines is 3. The zero-order chi connectivity index (χ0) is 52.5. The Hall–Kier alpha value is -7.50. The molecule has 0 saturated carbocycles. The van der Waals surface area contributed by atoms with E-state index >= 15 is 0 Å². The van der Waals surface area contributed by atoms with Crippen LogP contribution in [0.25, 0.3) is 32.2 Å². The lowest BCUT2D eigenvalue weighted by molar-refractivity contribution is -0.134. The Kier molecular flexibility index (Phi) is 14.5. The lowest BCUT2D eigenvalue weighted by Crippen LogP contribution is -2.46. The molecule has 0 spiro atoms. The second-order valence-electron chi connectivity index (χ2n) is 20.9. The number of aryl methyl sites for hydroxylation is 1. The van der Waals surface area contributed by atoms with Crippen molar-refractivity contribution in [3.05, 3.63) is 125 Å². The van der Waals surface area contributed by atoms with E-state index in [1.807, 2.05) is 120 Å². The average molecular weight is 1030 g/mol.